The molecule has 0 aliphatic rings. The van der Waals surface area contributed by atoms with Gasteiger partial charge in [-0.1, -0.05) is 26.8 Å². The van der Waals surface area contributed by atoms with Crippen LogP contribution in [0.2, 0.25) is 0 Å². The van der Waals surface area contributed by atoms with Crippen LogP contribution in [0.15, 0.2) is 24.3 Å². The molecule has 1 aromatic carbocycles. The van der Waals surface area contributed by atoms with Crippen LogP contribution in [0.5, 0.6) is 5.75 Å². The molecule has 0 saturated heterocycles. The molecule has 0 aromatic heterocycles. The van der Waals surface area contributed by atoms with E-state index in [9.17, 15) is 4.79 Å². The highest BCUT2D eigenvalue weighted by Gasteiger charge is 2.03. The zero-order valence-electron chi connectivity index (χ0n) is 12.0. The molecule has 2 N–H and O–H groups in total. The fourth-order valence-electron chi connectivity index (χ4n) is 1.53. The molecule has 0 saturated carbocycles. The van der Waals surface area contributed by atoms with E-state index in [-0.39, 0.29) is 5.91 Å². The van der Waals surface area contributed by atoms with Gasteiger partial charge in [-0.3, -0.25) is 4.79 Å². The molecular weight excluding hydrogens is 240 g/mol. The Labute approximate surface area is 115 Å². The predicted molar refractivity (Wildman–Crippen MR) is 78.6 cm³/mol. The maximum Gasteiger partial charge on any atom is 0.225 e. The van der Waals surface area contributed by atoms with Gasteiger partial charge < -0.3 is 15.4 Å². The Hall–Kier alpha value is -1.55. The number of carbonyl (C=O) groups is 1. The Bertz CT molecular complexity index is 391. The predicted octanol–water partition coefficient (Wildman–Crippen LogP) is 2.66. The summed E-state index contributed by atoms with van der Waals surface area (Å²) in [7, 11) is 0. The van der Waals surface area contributed by atoms with Crippen LogP contribution in [0.1, 0.15) is 27.2 Å². The minimum absolute atomic E-state index is 0.0157. The van der Waals surface area contributed by atoms with Gasteiger partial charge in [0.25, 0.3) is 0 Å². The van der Waals surface area contributed by atoms with E-state index in [1.54, 1.807) is 0 Å². The van der Waals surface area contributed by atoms with Crippen molar-refractivity contribution in [1.29, 1.82) is 0 Å². The van der Waals surface area contributed by atoms with Crippen LogP contribution in [0.4, 0.5) is 5.69 Å². The summed E-state index contributed by atoms with van der Waals surface area (Å²) in [5.74, 6) is 1.29. The van der Waals surface area contributed by atoms with Gasteiger partial charge in [-0.15, -0.1) is 0 Å². The van der Waals surface area contributed by atoms with Crippen molar-refractivity contribution >= 4 is 11.6 Å². The van der Waals surface area contributed by atoms with Crippen molar-refractivity contribution in [2.24, 2.45) is 5.92 Å². The van der Waals surface area contributed by atoms with Crippen LogP contribution in [0.25, 0.3) is 0 Å². The van der Waals surface area contributed by atoms with E-state index in [1.165, 1.54) is 0 Å². The van der Waals surface area contributed by atoms with Gasteiger partial charge in [0.1, 0.15) is 5.75 Å². The fourth-order valence-corrected chi connectivity index (χ4v) is 1.53. The normalized spacial score (nSPS) is 10.5. The van der Waals surface area contributed by atoms with E-state index in [1.807, 2.05) is 31.2 Å². The molecule has 0 atom stereocenters. The Kier molecular flexibility index (Phi) is 6.97. The Morgan fingerprint density at radius 2 is 2.16 bits per heavy atom. The zero-order valence-corrected chi connectivity index (χ0v) is 12.0. The molecule has 0 spiro atoms. The third-order valence-electron chi connectivity index (χ3n) is 2.48. The van der Waals surface area contributed by atoms with Gasteiger partial charge >= 0.3 is 0 Å². The van der Waals surface area contributed by atoms with Crippen molar-refractivity contribution in [1.82, 2.24) is 5.32 Å². The fraction of sp³-hybridized carbons (Fsp3) is 0.533. The van der Waals surface area contributed by atoms with E-state index in [2.05, 4.69) is 24.5 Å². The SMILES string of the molecule is CCNCCC(=O)Nc1cccc(OCC(C)C)c1. The van der Waals surface area contributed by atoms with Crippen LogP contribution in [0.3, 0.4) is 0 Å². The summed E-state index contributed by atoms with van der Waals surface area (Å²) in [4.78, 5) is 11.7. The molecule has 0 fully saturated rings. The second-order valence-corrected chi connectivity index (χ2v) is 4.88. The van der Waals surface area contributed by atoms with Crippen molar-refractivity contribution in [3.8, 4) is 5.75 Å². The summed E-state index contributed by atoms with van der Waals surface area (Å²) in [5, 5.41) is 5.99. The van der Waals surface area contributed by atoms with Gasteiger partial charge in [0.2, 0.25) is 5.91 Å². The third kappa shape index (κ3) is 6.82. The minimum atomic E-state index is 0.0157. The number of hydrogen-bond donors (Lipinski definition) is 2. The summed E-state index contributed by atoms with van der Waals surface area (Å²) < 4.78 is 5.62. The first kappa shape index (κ1) is 15.5. The molecule has 0 unspecified atom stereocenters. The smallest absolute Gasteiger partial charge is 0.225 e. The first-order valence-electron chi connectivity index (χ1n) is 6.85. The largest absolute Gasteiger partial charge is 0.493 e. The molecular formula is C15H24N2O2. The quantitative estimate of drug-likeness (QED) is 0.710. The summed E-state index contributed by atoms with van der Waals surface area (Å²) in [6.45, 7) is 8.49. The van der Waals surface area contributed by atoms with Crippen LogP contribution >= 0.6 is 0 Å². The van der Waals surface area contributed by atoms with E-state index in [4.69, 9.17) is 4.74 Å². The van der Waals surface area contributed by atoms with Gasteiger partial charge in [0.15, 0.2) is 0 Å². The van der Waals surface area contributed by atoms with E-state index >= 15 is 0 Å². The lowest BCUT2D eigenvalue weighted by Crippen LogP contribution is -2.21. The molecule has 106 valence electrons. The average Bonchev–Trinajstić information content (AvgIpc) is 2.37. The molecule has 4 nitrogen and oxygen atoms in total. The van der Waals surface area contributed by atoms with Gasteiger partial charge in [-0.05, 0) is 24.6 Å². The highest BCUT2D eigenvalue weighted by molar-refractivity contribution is 5.90. The van der Waals surface area contributed by atoms with E-state index in [0.717, 1.165) is 18.0 Å². The van der Waals surface area contributed by atoms with Gasteiger partial charge in [-0.2, -0.15) is 0 Å². The molecule has 1 aromatic rings. The summed E-state index contributed by atoms with van der Waals surface area (Å²) in [6.07, 6.45) is 0.477. The van der Waals surface area contributed by atoms with Crippen LogP contribution in [-0.2, 0) is 4.79 Å². The standard InChI is InChI=1S/C15H24N2O2/c1-4-16-9-8-15(18)17-13-6-5-7-14(10-13)19-11-12(2)3/h5-7,10,12,16H,4,8-9,11H2,1-3H3,(H,17,18). The number of carbonyl (C=O) groups excluding carboxylic acids is 1. The summed E-state index contributed by atoms with van der Waals surface area (Å²) in [6, 6.07) is 7.51. The van der Waals surface area contributed by atoms with Crippen LogP contribution in [0, 0.1) is 5.92 Å². The second kappa shape index (κ2) is 8.53. The van der Waals surface area contributed by atoms with E-state index in [0.29, 0.717) is 25.5 Å². The maximum atomic E-state index is 11.7. The molecule has 0 radical (unpaired) electrons. The Morgan fingerprint density at radius 3 is 2.84 bits per heavy atom. The Morgan fingerprint density at radius 1 is 1.37 bits per heavy atom. The number of rotatable bonds is 8. The number of benzene rings is 1. The second-order valence-electron chi connectivity index (χ2n) is 4.88. The lowest BCUT2D eigenvalue weighted by Gasteiger charge is -2.10. The molecule has 4 heteroatoms. The van der Waals surface area contributed by atoms with Crippen molar-refractivity contribution in [3.63, 3.8) is 0 Å². The number of nitrogens with one attached hydrogen (secondary N) is 2. The number of ether oxygens (including phenoxy) is 1. The maximum absolute atomic E-state index is 11.7. The zero-order chi connectivity index (χ0) is 14.1. The highest BCUT2D eigenvalue weighted by Crippen LogP contribution is 2.18. The molecule has 1 rings (SSSR count). The lowest BCUT2D eigenvalue weighted by atomic mass is 10.2. The van der Waals surface area contributed by atoms with Crippen molar-refractivity contribution < 1.29 is 9.53 Å². The van der Waals surface area contributed by atoms with Gasteiger partial charge in [0.05, 0.1) is 6.61 Å². The number of hydrogen-bond acceptors (Lipinski definition) is 3. The first-order valence-corrected chi connectivity index (χ1v) is 6.85. The number of anilines is 1. The van der Waals surface area contributed by atoms with Crippen molar-refractivity contribution in [3.05, 3.63) is 24.3 Å². The molecule has 19 heavy (non-hydrogen) atoms. The lowest BCUT2D eigenvalue weighted by molar-refractivity contribution is -0.116. The Balaban J connectivity index is 2.45. The van der Waals surface area contributed by atoms with E-state index < -0.39 is 0 Å². The van der Waals surface area contributed by atoms with Crippen molar-refractivity contribution in [2.45, 2.75) is 27.2 Å². The third-order valence-corrected chi connectivity index (χ3v) is 2.48. The van der Waals surface area contributed by atoms with Gasteiger partial charge in [0, 0.05) is 24.7 Å². The van der Waals surface area contributed by atoms with Crippen LogP contribution < -0.4 is 15.4 Å². The van der Waals surface area contributed by atoms with Gasteiger partial charge in [-0.25, -0.2) is 0 Å². The topological polar surface area (TPSA) is 50.4 Å². The molecule has 0 aliphatic heterocycles. The highest BCUT2D eigenvalue weighted by atomic mass is 16.5. The van der Waals surface area contributed by atoms with Crippen LogP contribution in [-0.4, -0.2) is 25.6 Å². The van der Waals surface area contributed by atoms with Crippen molar-refractivity contribution in [2.75, 3.05) is 25.0 Å². The molecule has 0 bridgehead atoms. The average molecular weight is 264 g/mol. The first-order chi connectivity index (χ1) is 9.11. The minimum Gasteiger partial charge on any atom is -0.493 e. The molecule has 0 heterocycles. The number of amides is 1. The monoisotopic (exact) mass is 264 g/mol. The molecule has 0 aliphatic carbocycles. The molecule has 1 amide bonds. The summed E-state index contributed by atoms with van der Waals surface area (Å²) >= 11 is 0. The summed E-state index contributed by atoms with van der Waals surface area (Å²) in [5.41, 5.74) is 0.780.